The highest BCUT2D eigenvalue weighted by Gasteiger charge is 1.95. The van der Waals surface area contributed by atoms with Gasteiger partial charge in [0.25, 0.3) is 0 Å². The number of ether oxygens (including phenoxy) is 1. The molecule has 0 heterocycles. The molecule has 1 aromatic rings. The predicted octanol–water partition coefficient (Wildman–Crippen LogP) is 2.08. The molecule has 2 nitrogen and oxygen atoms in total. The summed E-state index contributed by atoms with van der Waals surface area (Å²) < 4.78 is 18.1. The third-order valence-corrected chi connectivity index (χ3v) is 1.90. The van der Waals surface area contributed by atoms with E-state index in [4.69, 9.17) is 10.5 Å². The van der Waals surface area contributed by atoms with Gasteiger partial charge in [-0.2, -0.15) is 0 Å². The summed E-state index contributed by atoms with van der Waals surface area (Å²) >= 11 is 0. The van der Waals surface area contributed by atoms with Gasteiger partial charge in [-0.1, -0.05) is 12.1 Å². The zero-order valence-electron chi connectivity index (χ0n) is 8.21. The summed E-state index contributed by atoms with van der Waals surface area (Å²) in [5.74, 6) is -0.215. The van der Waals surface area contributed by atoms with Gasteiger partial charge in [0.1, 0.15) is 5.82 Å². The molecule has 0 saturated carbocycles. The van der Waals surface area contributed by atoms with E-state index in [1.54, 1.807) is 6.07 Å². The lowest BCUT2D eigenvalue weighted by Crippen LogP contribution is -2.02. The van der Waals surface area contributed by atoms with E-state index in [9.17, 15) is 4.39 Å². The quantitative estimate of drug-likeness (QED) is 0.709. The fourth-order valence-electron chi connectivity index (χ4n) is 1.17. The lowest BCUT2D eigenvalue weighted by molar-refractivity contribution is 0.117. The molecule has 0 spiro atoms. The smallest absolute Gasteiger partial charge is 0.123 e. The molecule has 0 aromatic heterocycles. The third-order valence-electron chi connectivity index (χ3n) is 1.90. The molecule has 0 fully saturated rings. The molecule has 0 saturated heterocycles. The number of hydrogen-bond donors (Lipinski definition) is 1. The summed E-state index contributed by atoms with van der Waals surface area (Å²) in [6.07, 6.45) is 1.94. The van der Waals surface area contributed by atoms with Crippen LogP contribution in [-0.2, 0) is 11.3 Å². The number of rotatable bonds is 6. The molecule has 0 bridgehead atoms. The van der Waals surface area contributed by atoms with Crippen LogP contribution in [0.25, 0.3) is 0 Å². The topological polar surface area (TPSA) is 35.2 Å². The first kappa shape index (κ1) is 11.1. The molecule has 0 unspecified atom stereocenters. The van der Waals surface area contributed by atoms with Crippen LogP contribution in [0, 0.1) is 5.82 Å². The summed E-state index contributed by atoms with van der Waals surface area (Å²) in [5.41, 5.74) is 6.21. The Kier molecular flexibility index (Phi) is 5.19. The van der Waals surface area contributed by atoms with Crippen molar-refractivity contribution in [2.75, 3.05) is 13.2 Å². The van der Waals surface area contributed by atoms with Crippen LogP contribution in [-0.4, -0.2) is 13.2 Å². The molecule has 0 aliphatic heterocycles. The summed E-state index contributed by atoms with van der Waals surface area (Å²) in [6.45, 7) is 1.86. The van der Waals surface area contributed by atoms with Crippen LogP contribution >= 0.6 is 0 Å². The van der Waals surface area contributed by atoms with Gasteiger partial charge in [-0.25, -0.2) is 4.39 Å². The second-order valence-electron chi connectivity index (χ2n) is 3.18. The van der Waals surface area contributed by atoms with Crippen LogP contribution in [0.2, 0.25) is 0 Å². The molecule has 0 atom stereocenters. The van der Waals surface area contributed by atoms with E-state index >= 15 is 0 Å². The second kappa shape index (κ2) is 6.51. The maximum atomic E-state index is 12.7. The Bertz CT molecular complexity index is 265. The molecule has 0 aliphatic carbocycles. The number of nitrogens with two attached hydrogens (primary N) is 1. The minimum absolute atomic E-state index is 0.215. The van der Waals surface area contributed by atoms with Crippen LogP contribution in [0.15, 0.2) is 24.3 Å². The van der Waals surface area contributed by atoms with Gasteiger partial charge in [0.2, 0.25) is 0 Å². The Morgan fingerprint density at radius 2 is 2.14 bits per heavy atom. The lowest BCUT2D eigenvalue weighted by atomic mass is 10.2. The predicted molar refractivity (Wildman–Crippen MR) is 54.3 cm³/mol. The summed E-state index contributed by atoms with van der Waals surface area (Å²) in [6, 6.07) is 6.46. The van der Waals surface area contributed by atoms with Crippen molar-refractivity contribution in [2.24, 2.45) is 5.73 Å². The van der Waals surface area contributed by atoms with E-state index in [1.165, 1.54) is 12.1 Å². The number of hydrogen-bond acceptors (Lipinski definition) is 2. The Labute approximate surface area is 83.9 Å². The standard InChI is InChI=1S/C11H16FNO/c12-11-5-3-4-10(8-11)9-14-7-2-1-6-13/h3-5,8H,1-2,6-7,9,13H2. The number of halogens is 1. The van der Waals surface area contributed by atoms with Crippen molar-refractivity contribution in [3.05, 3.63) is 35.6 Å². The fraction of sp³-hybridized carbons (Fsp3) is 0.455. The van der Waals surface area contributed by atoms with E-state index in [-0.39, 0.29) is 5.82 Å². The molecular formula is C11H16FNO. The highest BCUT2D eigenvalue weighted by molar-refractivity contribution is 5.15. The monoisotopic (exact) mass is 197 g/mol. The van der Waals surface area contributed by atoms with Gasteiger partial charge < -0.3 is 10.5 Å². The van der Waals surface area contributed by atoms with Gasteiger partial charge >= 0.3 is 0 Å². The molecule has 14 heavy (non-hydrogen) atoms. The average molecular weight is 197 g/mol. The largest absolute Gasteiger partial charge is 0.377 e. The minimum atomic E-state index is -0.215. The Morgan fingerprint density at radius 1 is 1.29 bits per heavy atom. The van der Waals surface area contributed by atoms with Crippen molar-refractivity contribution in [1.82, 2.24) is 0 Å². The van der Waals surface area contributed by atoms with Crippen molar-refractivity contribution >= 4 is 0 Å². The van der Waals surface area contributed by atoms with Crippen LogP contribution in [0.5, 0.6) is 0 Å². The summed E-state index contributed by atoms with van der Waals surface area (Å²) in [7, 11) is 0. The highest BCUT2D eigenvalue weighted by atomic mass is 19.1. The van der Waals surface area contributed by atoms with E-state index < -0.39 is 0 Å². The van der Waals surface area contributed by atoms with Crippen molar-refractivity contribution in [1.29, 1.82) is 0 Å². The first-order valence-electron chi connectivity index (χ1n) is 4.85. The summed E-state index contributed by atoms with van der Waals surface area (Å²) in [4.78, 5) is 0. The highest BCUT2D eigenvalue weighted by Crippen LogP contribution is 2.05. The molecule has 2 N–H and O–H groups in total. The molecule has 0 aliphatic rings. The number of benzene rings is 1. The minimum Gasteiger partial charge on any atom is -0.377 e. The van der Waals surface area contributed by atoms with Crippen molar-refractivity contribution in [3.63, 3.8) is 0 Å². The van der Waals surface area contributed by atoms with Gasteiger partial charge in [0, 0.05) is 6.61 Å². The van der Waals surface area contributed by atoms with Crippen LogP contribution in [0.4, 0.5) is 4.39 Å². The van der Waals surface area contributed by atoms with Gasteiger partial charge in [-0.05, 0) is 37.1 Å². The first-order valence-corrected chi connectivity index (χ1v) is 4.85. The number of unbranched alkanes of at least 4 members (excludes halogenated alkanes) is 1. The van der Waals surface area contributed by atoms with Gasteiger partial charge in [-0.3, -0.25) is 0 Å². The van der Waals surface area contributed by atoms with Crippen LogP contribution in [0.1, 0.15) is 18.4 Å². The van der Waals surface area contributed by atoms with Gasteiger partial charge in [0.05, 0.1) is 6.61 Å². The van der Waals surface area contributed by atoms with Gasteiger partial charge in [-0.15, -0.1) is 0 Å². The lowest BCUT2D eigenvalue weighted by Gasteiger charge is -2.03. The second-order valence-corrected chi connectivity index (χ2v) is 3.18. The van der Waals surface area contributed by atoms with Gasteiger partial charge in [0.15, 0.2) is 0 Å². The zero-order valence-corrected chi connectivity index (χ0v) is 8.21. The maximum absolute atomic E-state index is 12.7. The Morgan fingerprint density at radius 3 is 2.86 bits per heavy atom. The van der Waals surface area contributed by atoms with E-state index in [0.29, 0.717) is 19.8 Å². The van der Waals surface area contributed by atoms with E-state index in [2.05, 4.69) is 0 Å². The first-order chi connectivity index (χ1) is 6.83. The third kappa shape index (κ3) is 4.35. The Hall–Kier alpha value is -0.930. The molecule has 78 valence electrons. The van der Waals surface area contributed by atoms with Crippen molar-refractivity contribution in [3.8, 4) is 0 Å². The van der Waals surface area contributed by atoms with E-state index in [1.807, 2.05) is 6.07 Å². The summed E-state index contributed by atoms with van der Waals surface area (Å²) in [5, 5.41) is 0. The maximum Gasteiger partial charge on any atom is 0.123 e. The molecule has 1 aromatic carbocycles. The molecule has 1 rings (SSSR count). The fourth-order valence-corrected chi connectivity index (χ4v) is 1.17. The SMILES string of the molecule is NCCCCOCc1cccc(F)c1. The zero-order chi connectivity index (χ0) is 10.2. The van der Waals surface area contributed by atoms with Crippen LogP contribution in [0.3, 0.4) is 0 Å². The normalized spacial score (nSPS) is 10.4. The average Bonchev–Trinajstić information content (AvgIpc) is 2.18. The molecular weight excluding hydrogens is 181 g/mol. The molecule has 3 heteroatoms. The Balaban J connectivity index is 2.18. The van der Waals surface area contributed by atoms with Crippen LogP contribution < -0.4 is 5.73 Å². The van der Waals surface area contributed by atoms with Crippen molar-refractivity contribution in [2.45, 2.75) is 19.4 Å². The molecule has 0 radical (unpaired) electrons. The molecule has 0 amide bonds. The van der Waals surface area contributed by atoms with Crippen molar-refractivity contribution < 1.29 is 9.13 Å². The van der Waals surface area contributed by atoms with E-state index in [0.717, 1.165) is 18.4 Å².